The van der Waals surface area contributed by atoms with Gasteiger partial charge in [0.05, 0.1) is 6.61 Å². The summed E-state index contributed by atoms with van der Waals surface area (Å²) in [5.74, 6) is -0.822. The molecule has 144 valence electrons. The Morgan fingerprint density at radius 2 is 1.79 bits per heavy atom. The number of hydrogen-bond acceptors (Lipinski definition) is 3. The van der Waals surface area contributed by atoms with Gasteiger partial charge in [0.1, 0.15) is 5.70 Å². The zero-order valence-electron chi connectivity index (χ0n) is 15.7. The quantitative estimate of drug-likeness (QED) is 0.553. The average Bonchev–Trinajstić information content (AvgIpc) is 3.09. The summed E-state index contributed by atoms with van der Waals surface area (Å²) in [6.45, 7) is 2.76. The summed E-state index contributed by atoms with van der Waals surface area (Å²) in [5.41, 5.74) is 2.47. The van der Waals surface area contributed by atoms with Crippen LogP contribution >= 0.6 is 0 Å². The predicted octanol–water partition coefficient (Wildman–Crippen LogP) is 2.54. The normalized spacial score (nSPS) is 11.4. The molecular formula is C22H23N3O3. The minimum atomic E-state index is -0.452. The number of aryl methyl sites for hydroxylation is 1. The first-order chi connectivity index (χ1) is 13.6. The lowest BCUT2D eigenvalue weighted by Crippen LogP contribution is -2.36. The number of para-hydroxylation sites is 1. The van der Waals surface area contributed by atoms with E-state index in [-0.39, 0.29) is 24.8 Å². The van der Waals surface area contributed by atoms with Crippen LogP contribution in [-0.2, 0) is 11.3 Å². The van der Waals surface area contributed by atoms with Crippen LogP contribution in [0.1, 0.15) is 22.8 Å². The smallest absolute Gasteiger partial charge is 0.267 e. The number of nitrogens with zero attached hydrogens (tertiary/aromatic N) is 1. The third-order valence-corrected chi connectivity index (χ3v) is 4.39. The molecule has 0 aliphatic heterocycles. The second kappa shape index (κ2) is 9.01. The highest BCUT2D eigenvalue weighted by atomic mass is 16.3. The van der Waals surface area contributed by atoms with Gasteiger partial charge in [0.25, 0.3) is 11.8 Å². The number of amides is 2. The molecule has 0 spiro atoms. The van der Waals surface area contributed by atoms with Crippen molar-refractivity contribution in [3.8, 4) is 0 Å². The Labute approximate surface area is 163 Å². The fraction of sp³-hybridized carbons (Fsp3) is 0.182. The summed E-state index contributed by atoms with van der Waals surface area (Å²) >= 11 is 0. The third-order valence-electron chi connectivity index (χ3n) is 4.39. The first-order valence-corrected chi connectivity index (χ1v) is 9.19. The third kappa shape index (κ3) is 4.29. The molecule has 3 rings (SSSR count). The minimum Gasteiger partial charge on any atom is -0.395 e. The summed E-state index contributed by atoms with van der Waals surface area (Å²) in [6.07, 6.45) is 3.63. The molecule has 0 aliphatic carbocycles. The van der Waals surface area contributed by atoms with E-state index in [0.717, 1.165) is 23.0 Å². The Morgan fingerprint density at radius 3 is 2.50 bits per heavy atom. The Morgan fingerprint density at radius 1 is 1.07 bits per heavy atom. The molecule has 6 heteroatoms. The number of aliphatic hydroxyl groups excluding tert-OH is 1. The first kappa shape index (κ1) is 19.4. The highest BCUT2D eigenvalue weighted by Crippen LogP contribution is 2.23. The maximum absolute atomic E-state index is 12.6. The van der Waals surface area contributed by atoms with Gasteiger partial charge in [-0.05, 0) is 31.2 Å². The van der Waals surface area contributed by atoms with Crippen LogP contribution in [0.4, 0.5) is 0 Å². The molecule has 1 aromatic heterocycles. The van der Waals surface area contributed by atoms with Gasteiger partial charge in [0, 0.05) is 41.3 Å². The zero-order chi connectivity index (χ0) is 19.9. The number of rotatable bonds is 7. The van der Waals surface area contributed by atoms with E-state index in [4.69, 9.17) is 5.11 Å². The van der Waals surface area contributed by atoms with Gasteiger partial charge >= 0.3 is 0 Å². The number of aromatic nitrogens is 1. The van der Waals surface area contributed by atoms with Gasteiger partial charge in [-0.2, -0.15) is 0 Å². The van der Waals surface area contributed by atoms with Crippen molar-refractivity contribution in [2.75, 3.05) is 13.2 Å². The van der Waals surface area contributed by atoms with Gasteiger partial charge in [0.15, 0.2) is 0 Å². The largest absolute Gasteiger partial charge is 0.395 e. The molecule has 2 amide bonds. The maximum Gasteiger partial charge on any atom is 0.267 e. The van der Waals surface area contributed by atoms with Crippen LogP contribution in [0.15, 0.2) is 66.5 Å². The van der Waals surface area contributed by atoms with E-state index in [1.165, 1.54) is 0 Å². The van der Waals surface area contributed by atoms with Crippen molar-refractivity contribution in [3.63, 3.8) is 0 Å². The summed E-state index contributed by atoms with van der Waals surface area (Å²) in [5, 5.41) is 15.3. The summed E-state index contributed by atoms with van der Waals surface area (Å²) in [6, 6.07) is 16.6. The van der Waals surface area contributed by atoms with Crippen molar-refractivity contribution in [3.05, 3.63) is 77.6 Å². The first-order valence-electron chi connectivity index (χ1n) is 9.19. The molecule has 0 bridgehead atoms. The highest BCUT2D eigenvalue weighted by molar-refractivity contribution is 6.06. The molecule has 0 radical (unpaired) electrons. The van der Waals surface area contributed by atoms with E-state index < -0.39 is 5.91 Å². The number of nitrogens with one attached hydrogen (secondary N) is 2. The van der Waals surface area contributed by atoms with Crippen LogP contribution in [0.2, 0.25) is 0 Å². The van der Waals surface area contributed by atoms with E-state index >= 15 is 0 Å². The topological polar surface area (TPSA) is 83.4 Å². The van der Waals surface area contributed by atoms with E-state index in [2.05, 4.69) is 15.2 Å². The van der Waals surface area contributed by atoms with Crippen LogP contribution < -0.4 is 10.6 Å². The van der Waals surface area contributed by atoms with Crippen molar-refractivity contribution in [2.24, 2.45) is 0 Å². The van der Waals surface area contributed by atoms with E-state index in [1.807, 2.05) is 43.5 Å². The molecule has 2 aromatic carbocycles. The van der Waals surface area contributed by atoms with Crippen molar-refractivity contribution >= 4 is 28.8 Å². The Kier molecular flexibility index (Phi) is 6.24. The lowest BCUT2D eigenvalue weighted by molar-refractivity contribution is -0.117. The van der Waals surface area contributed by atoms with Crippen LogP contribution in [-0.4, -0.2) is 34.6 Å². The molecule has 0 saturated carbocycles. The van der Waals surface area contributed by atoms with E-state index in [1.54, 1.807) is 30.3 Å². The summed E-state index contributed by atoms with van der Waals surface area (Å²) in [4.78, 5) is 25.1. The molecule has 3 N–H and O–H groups in total. The number of fused-ring (bicyclic) bond motifs is 1. The van der Waals surface area contributed by atoms with Gasteiger partial charge in [-0.15, -0.1) is 0 Å². The molecule has 0 fully saturated rings. The number of carbonyl (C=O) groups excluding carboxylic acids is 2. The lowest BCUT2D eigenvalue weighted by Gasteiger charge is -2.10. The molecule has 0 aliphatic rings. The molecule has 6 nitrogen and oxygen atoms in total. The Bertz CT molecular complexity index is 1010. The fourth-order valence-corrected chi connectivity index (χ4v) is 3.01. The van der Waals surface area contributed by atoms with Gasteiger partial charge in [-0.25, -0.2) is 0 Å². The molecule has 3 aromatic rings. The van der Waals surface area contributed by atoms with Crippen LogP contribution in [0.25, 0.3) is 17.0 Å². The van der Waals surface area contributed by atoms with Gasteiger partial charge in [-0.1, -0.05) is 36.4 Å². The standard InChI is InChI=1S/C22H23N3O3/c1-2-25-15-17(18-10-6-7-11-20(18)25)14-19(22(28)23-12-13-26)24-21(27)16-8-4-3-5-9-16/h3-11,14-15,26H,2,12-13H2,1H3,(H,23,28)(H,24,27)/b19-14-. The number of benzene rings is 2. The Balaban J connectivity index is 1.99. The van der Waals surface area contributed by atoms with Gasteiger partial charge in [-0.3, -0.25) is 9.59 Å². The molecule has 0 atom stereocenters. The average molecular weight is 377 g/mol. The van der Waals surface area contributed by atoms with E-state index in [9.17, 15) is 9.59 Å². The molecule has 1 heterocycles. The number of hydrogen-bond donors (Lipinski definition) is 3. The van der Waals surface area contributed by atoms with Crippen LogP contribution in [0, 0.1) is 0 Å². The number of aliphatic hydroxyl groups is 1. The maximum atomic E-state index is 12.6. The predicted molar refractivity (Wildman–Crippen MR) is 110 cm³/mol. The molecule has 28 heavy (non-hydrogen) atoms. The minimum absolute atomic E-state index is 0.105. The van der Waals surface area contributed by atoms with Gasteiger partial charge < -0.3 is 20.3 Å². The number of carbonyl (C=O) groups is 2. The SMILES string of the molecule is CCn1cc(/C=C(\NC(=O)c2ccccc2)C(=O)NCCO)c2ccccc21. The summed E-state index contributed by atoms with van der Waals surface area (Å²) in [7, 11) is 0. The molecular weight excluding hydrogens is 354 g/mol. The second-order valence-electron chi connectivity index (χ2n) is 6.25. The second-order valence-corrected chi connectivity index (χ2v) is 6.25. The van der Waals surface area contributed by atoms with Crippen molar-refractivity contribution in [2.45, 2.75) is 13.5 Å². The lowest BCUT2D eigenvalue weighted by atomic mass is 10.1. The summed E-state index contributed by atoms with van der Waals surface area (Å²) < 4.78 is 2.09. The van der Waals surface area contributed by atoms with Crippen LogP contribution in [0.3, 0.4) is 0 Å². The fourth-order valence-electron chi connectivity index (χ4n) is 3.01. The van der Waals surface area contributed by atoms with Gasteiger partial charge in [0.2, 0.25) is 0 Å². The monoisotopic (exact) mass is 377 g/mol. The van der Waals surface area contributed by atoms with Crippen molar-refractivity contribution in [1.82, 2.24) is 15.2 Å². The Hall–Kier alpha value is -3.38. The highest BCUT2D eigenvalue weighted by Gasteiger charge is 2.15. The molecule has 0 saturated heterocycles. The van der Waals surface area contributed by atoms with Crippen molar-refractivity contribution in [1.29, 1.82) is 0 Å². The van der Waals surface area contributed by atoms with Crippen LogP contribution in [0.5, 0.6) is 0 Å². The zero-order valence-corrected chi connectivity index (χ0v) is 15.7. The van der Waals surface area contributed by atoms with Crippen molar-refractivity contribution < 1.29 is 14.7 Å². The molecule has 0 unspecified atom stereocenters. The van der Waals surface area contributed by atoms with E-state index in [0.29, 0.717) is 5.56 Å².